The van der Waals surface area contributed by atoms with Gasteiger partial charge in [0.2, 0.25) is 0 Å². The van der Waals surface area contributed by atoms with Crippen molar-refractivity contribution in [2.45, 2.75) is 12.8 Å². The van der Waals surface area contributed by atoms with Crippen LogP contribution in [0.1, 0.15) is 23.2 Å². The van der Waals surface area contributed by atoms with E-state index in [9.17, 15) is 4.79 Å². The molecule has 0 bridgehead atoms. The van der Waals surface area contributed by atoms with Gasteiger partial charge in [0.1, 0.15) is 5.75 Å². The number of methoxy groups -OCH3 is 1. The van der Waals surface area contributed by atoms with E-state index in [0.29, 0.717) is 29.1 Å². The fourth-order valence-electron chi connectivity index (χ4n) is 1.25. The van der Waals surface area contributed by atoms with Crippen LogP contribution in [0.5, 0.6) is 5.75 Å². The second-order valence-corrected chi connectivity index (χ2v) is 3.61. The average molecular weight is 223 g/mol. The van der Waals surface area contributed by atoms with E-state index < -0.39 is 0 Å². The summed E-state index contributed by atoms with van der Waals surface area (Å²) < 4.78 is 5.09. The van der Waals surface area contributed by atoms with Crippen molar-refractivity contribution in [3.8, 4) is 5.75 Å². The molecule has 0 amide bonds. The van der Waals surface area contributed by atoms with Gasteiger partial charge in [0, 0.05) is 12.8 Å². The molecule has 3 nitrogen and oxygen atoms in total. The summed E-state index contributed by atoms with van der Waals surface area (Å²) in [7, 11) is 1.54. The van der Waals surface area contributed by atoms with Crippen molar-refractivity contribution in [2.75, 3.05) is 7.11 Å². The zero-order valence-electron chi connectivity index (χ0n) is 8.53. The summed E-state index contributed by atoms with van der Waals surface area (Å²) in [6.45, 7) is 0. The SMILES string of the molecule is COc1ccccc1C(=O)CCC(N)=S. The Bertz CT molecular complexity index is 377. The van der Waals surface area contributed by atoms with Crippen molar-refractivity contribution in [1.29, 1.82) is 0 Å². The molecular weight excluding hydrogens is 210 g/mol. The van der Waals surface area contributed by atoms with E-state index in [1.54, 1.807) is 25.3 Å². The summed E-state index contributed by atoms with van der Waals surface area (Å²) in [6, 6.07) is 7.12. The smallest absolute Gasteiger partial charge is 0.167 e. The fraction of sp³-hybridized carbons (Fsp3) is 0.273. The summed E-state index contributed by atoms with van der Waals surface area (Å²) in [5.74, 6) is 0.589. The molecule has 0 radical (unpaired) electrons. The summed E-state index contributed by atoms with van der Waals surface area (Å²) in [6.07, 6.45) is 0.766. The van der Waals surface area contributed by atoms with E-state index >= 15 is 0 Å². The summed E-state index contributed by atoms with van der Waals surface area (Å²) in [5, 5.41) is 0. The number of para-hydroxylation sites is 1. The molecule has 0 unspecified atom stereocenters. The predicted octanol–water partition coefficient (Wildman–Crippen LogP) is 1.94. The largest absolute Gasteiger partial charge is 0.496 e. The molecule has 0 spiro atoms. The van der Waals surface area contributed by atoms with Gasteiger partial charge < -0.3 is 10.5 Å². The monoisotopic (exact) mass is 223 g/mol. The molecule has 0 fully saturated rings. The number of ether oxygens (including phenoxy) is 1. The minimum atomic E-state index is 0.000231. The third-order valence-electron chi connectivity index (χ3n) is 2.01. The van der Waals surface area contributed by atoms with Crippen molar-refractivity contribution in [1.82, 2.24) is 0 Å². The van der Waals surface area contributed by atoms with Crippen molar-refractivity contribution in [2.24, 2.45) is 5.73 Å². The van der Waals surface area contributed by atoms with Gasteiger partial charge in [-0.05, 0) is 12.1 Å². The molecular formula is C11H13NO2S. The van der Waals surface area contributed by atoms with Gasteiger partial charge in [-0.1, -0.05) is 24.4 Å². The molecule has 0 aliphatic rings. The highest BCUT2D eigenvalue weighted by Gasteiger charge is 2.11. The summed E-state index contributed by atoms with van der Waals surface area (Å²) in [5.41, 5.74) is 5.92. The van der Waals surface area contributed by atoms with E-state index in [0.717, 1.165) is 0 Å². The molecule has 0 saturated heterocycles. The van der Waals surface area contributed by atoms with E-state index in [-0.39, 0.29) is 5.78 Å². The lowest BCUT2D eigenvalue weighted by Crippen LogP contribution is -2.11. The van der Waals surface area contributed by atoms with Crippen molar-refractivity contribution >= 4 is 23.0 Å². The Kier molecular flexibility index (Phi) is 4.24. The van der Waals surface area contributed by atoms with Crippen LogP contribution in [-0.4, -0.2) is 17.9 Å². The molecule has 1 aromatic rings. The van der Waals surface area contributed by atoms with Gasteiger partial charge in [-0.15, -0.1) is 0 Å². The molecule has 4 heteroatoms. The third kappa shape index (κ3) is 3.32. The fourth-order valence-corrected chi connectivity index (χ4v) is 1.35. The standard InChI is InChI=1S/C11H13NO2S/c1-14-10-5-3-2-4-8(10)9(13)6-7-11(12)15/h2-5H,6-7H2,1H3,(H2,12,15). The van der Waals surface area contributed by atoms with Crippen LogP contribution in [0.25, 0.3) is 0 Å². The maximum absolute atomic E-state index is 11.7. The molecule has 0 atom stereocenters. The molecule has 0 aliphatic heterocycles. The Morgan fingerprint density at radius 2 is 2.07 bits per heavy atom. The maximum atomic E-state index is 11.7. The summed E-state index contributed by atoms with van der Waals surface area (Å²) >= 11 is 4.72. The van der Waals surface area contributed by atoms with Gasteiger partial charge >= 0.3 is 0 Å². The van der Waals surface area contributed by atoms with Gasteiger partial charge in [-0.3, -0.25) is 4.79 Å². The molecule has 1 rings (SSSR count). The van der Waals surface area contributed by atoms with E-state index in [2.05, 4.69) is 0 Å². The first kappa shape index (κ1) is 11.7. The second-order valence-electron chi connectivity index (χ2n) is 3.09. The number of carbonyl (C=O) groups excluding carboxylic acids is 1. The van der Waals surface area contributed by atoms with Crippen LogP contribution in [0.3, 0.4) is 0 Å². The number of hydrogen-bond acceptors (Lipinski definition) is 3. The molecule has 0 aromatic heterocycles. The number of rotatable bonds is 5. The topological polar surface area (TPSA) is 52.3 Å². The van der Waals surface area contributed by atoms with Crippen LogP contribution in [0.15, 0.2) is 24.3 Å². The van der Waals surface area contributed by atoms with Crippen LogP contribution in [-0.2, 0) is 0 Å². The number of thiocarbonyl (C=S) groups is 1. The van der Waals surface area contributed by atoms with Crippen LogP contribution >= 0.6 is 12.2 Å². The first-order valence-corrected chi connectivity index (χ1v) is 5.00. The minimum absolute atomic E-state index is 0.000231. The van der Waals surface area contributed by atoms with Gasteiger partial charge in [0.05, 0.1) is 17.7 Å². The number of nitrogens with two attached hydrogens (primary N) is 1. The zero-order valence-corrected chi connectivity index (χ0v) is 9.34. The normalized spacial score (nSPS) is 9.67. The maximum Gasteiger partial charge on any atom is 0.167 e. The van der Waals surface area contributed by atoms with Crippen LogP contribution in [0, 0.1) is 0 Å². The number of hydrogen-bond donors (Lipinski definition) is 1. The van der Waals surface area contributed by atoms with Crippen molar-refractivity contribution in [3.63, 3.8) is 0 Å². The highest BCUT2D eigenvalue weighted by Crippen LogP contribution is 2.19. The molecule has 15 heavy (non-hydrogen) atoms. The van der Waals surface area contributed by atoms with Crippen molar-refractivity contribution in [3.05, 3.63) is 29.8 Å². The number of ketones is 1. The van der Waals surface area contributed by atoms with Crippen LogP contribution in [0.2, 0.25) is 0 Å². The third-order valence-corrected chi connectivity index (χ3v) is 2.21. The number of Topliss-reactive ketones (excluding diaryl/α,β-unsaturated/α-hetero) is 1. The second kappa shape index (κ2) is 5.46. The lowest BCUT2D eigenvalue weighted by molar-refractivity contribution is 0.0982. The Labute approximate surface area is 94.2 Å². The Morgan fingerprint density at radius 3 is 2.67 bits per heavy atom. The van der Waals surface area contributed by atoms with Gasteiger partial charge in [0.15, 0.2) is 5.78 Å². The molecule has 2 N–H and O–H groups in total. The van der Waals surface area contributed by atoms with E-state index in [1.165, 1.54) is 0 Å². The van der Waals surface area contributed by atoms with E-state index in [1.807, 2.05) is 6.07 Å². The minimum Gasteiger partial charge on any atom is -0.496 e. The number of carbonyl (C=O) groups is 1. The van der Waals surface area contributed by atoms with Gasteiger partial charge in [0.25, 0.3) is 0 Å². The Balaban J connectivity index is 2.77. The molecule has 80 valence electrons. The lowest BCUT2D eigenvalue weighted by Gasteiger charge is -2.06. The van der Waals surface area contributed by atoms with Crippen LogP contribution in [0.4, 0.5) is 0 Å². The zero-order chi connectivity index (χ0) is 11.3. The average Bonchev–Trinajstić information content (AvgIpc) is 2.25. The first-order valence-electron chi connectivity index (χ1n) is 4.59. The highest BCUT2D eigenvalue weighted by atomic mass is 32.1. The quantitative estimate of drug-likeness (QED) is 0.612. The predicted molar refractivity (Wildman–Crippen MR) is 63.3 cm³/mol. The van der Waals surface area contributed by atoms with E-state index in [4.69, 9.17) is 22.7 Å². The van der Waals surface area contributed by atoms with Crippen LogP contribution < -0.4 is 10.5 Å². The summed E-state index contributed by atoms with van der Waals surface area (Å²) in [4.78, 5) is 12.1. The Morgan fingerprint density at radius 1 is 1.40 bits per heavy atom. The molecule has 1 aromatic carbocycles. The first-order chi connectivity index (χ1) is 7.15. The Hall–Kier alpha value is -1.42. The molecule has 0 saturated carbocycles. The highest BCUT2D eigenvalue weighted by molar-refractivity contribution is 7.80. The van der Waals surface area contributed by atoms with Crippen molar-refractivity contribution < 1.29 is 9.53 Å². The van der Waals surface area contributed by atoms with Gasteiger partial charge in [-0.2, -0.15) is 0 Å². The molecule has 0 heterocycles. The lowest BCUT2D eigenvalue weighted by atomic mass is 10.1. The molecule has 0 aliphatic carbocycles. The van der Waals surface area contributed by atoms with Gasteiger partial charge in [-0.25, -0.2) is 0 Å². The number of benzene rings is 1.